The number of rotatable bonds is 4. The van der Waals surface area contributed by atoms with Crippen LogP contribution in [0.15, 0.2) is 30.3 Å². The van der Waals surface area contributed by atoms with Gasteiger partial charge in [0, 0.05) is 50.9 Å². The van der Waals surface area contributed by atoms with Gasteiger partial charge in [-0.25, -0.2) is 9.97 Å². The number of carbonyl (C=O) groups excluding carboxylic acids is 2. The second-order valence-corrected chi connectivity index (χ2v) is 6.34. The molecule has 0 unspecified atom stereocenters. The van der Waals surface area contributed by atoms with E-state index < -0.39 is 0 Å². The first-order valence-corrected chi connectivity index (χ1v) is 8.78. The average molecular weight is 369 g/mol. The molecule has 8 heteroatoms. The number of ether oxygens (including phenoxy) is 1. The zero-order chi connectivity index (χ0) is 19.4. The number of anilines is 2. The van der Waals surface area contributed by atoms with E-state index in [9.17, 15) is 9.59 Å². The minimum atomic E-state index is -0.308. The number of carbonyl (C=O) groups is 2. The zero-order valence-corrected chi connectivity index (χ0v) is 15.7. The SMILES string of the molecule is COc1cccc(NC(=O)c2cc(N3CCN(C(C)=O)CC3)nc(C)n2)c1. The third-order valence-electron chi connectivity index (χ3n) is 4.43. The fourth-order valence-electron chi connectivity index (χ4n) is 2.98. The summed E-state index contributed by atoms with van der Waals surface area (Å²) in [6.45, 7) is 5.97. The number of methoxy groups -OCH3 is 1. The highest BCUT2D eigenvalue weighted by Crippen LogP contribution is 2.19. The van der Waals surface area contributed by atoms with Gasteiger partial charge in [0.25, 0.3) is 5.91 Å². The molecular formula is C19H23N5O3. The van der Waals surface area contributed by atoms with E-state index in [0.29, 0.717) is 55.0 Å². The summed E-state index contributed by atoms with van der Waals surface area (Å²) in [7, 11) is 1.58. The molecule has 142 valence electrons. The van der Waals surface area contributed by atoms with Crippen LogP contribution in [-0.4, -0.2) is 60.0 Å². The number of benzene rings is 1. The van der Waals surface area contributed by atoms with Crippen molar-refractivity contribution in [2.45, 2.75) is 13.8 Å². The summed E-state index contributed by atoms with van der Waals surface area (Å²) in [5.41, 5.74) is 0.932. The molecule has 1 aliphatic rings. The first-order valence-electron chi connectivity index (χ1n) is 8.78. The molecule has 1 aliphatic heterocycles. The van der Waals surface area contributed by atoms with E-state index in [1.165, 1.54) is 0 Å². The van der Waals surface area contributed by atoms with E-state index in [1.807, 2.05) is 6.07 Å². The molecule has 1 aromatic carbocycles. The van der Waals surface area contributed by atoms with Crippen LogP contribution in [0.4, 0.5) is 11.5 Å². The quantitative estimate of drug-likeness (QED) is 0.883. The molecular weight excluding hydrogens is 346 g/mol. The van der Waals surface area contributed by atoms with Gasteiger partial charge in [-0.3, -0.25) is 9.59 Å². The van der Waals surface area contributed by atoms with E-state index in [1.54, 1.807) is 50.1 Å². The van der Waals surface area contributed by atoms with Gasteiger partial charge in [-0.2, -0.15) is 0 Å². The third kappa shape index (κ3) is 4.52. The number of piperazine rings is 1. The van der Waals surface area contributed by atoms with Gasteiger partial charge < -0.3 is 19.9 Å². The lowest BCUT2D eigenvalue weighted by atomic mass is 10.2. The van der Waals surface area contributed by atoms with Gasteiger partial charge in [-0.15, -0.1) is 0 Å². The molecule has 0 radical (unpaired) electrons. The Hall–Kier alpha value is -3.16. The van der Waals surface area contributed by atoms with Crippen LogP contribution in [0.25, 0.3) is 0 Å². The summed E-state index contributed by atoms with van der Waals surface area (Å²) in [6.07, 6.45) is 0. The van der Waals surface area contributed by atoms with E-state index in [-0.39, 0.29) is 11.8 Å². The van der Waals surface area contributed by atoms with Crippen LogP contribution in [0.1, 0.15) is 23.2 Å². The number of hydrogen-bond acceptors (Lipinski definition) is 6. The Balaban J connectivity index is 1.75. The average Bonchev–Trinajstić information content (AvgIpc) is 2.67. The second kappa shape index (κ2) is 8.03. The predicted molar refractivity (Wildman–Crippen MR) is 102 cm³/mol. The smallest absolute Gasteiger partial charge is 0.274 e. The molecule has 1 saturated heterocycles. The van der Waals surface area contributed by atoms with Crippen molar-refractivity contribution in [2.24, 2.45) is 0 Å². The number of nitrogens with zero attached hydrogens (tertiary/aromatic N) is 4. The van der Waals surface area contributed by atoms with Crippen molar-refractivity contribution in [3.05, 3.63) is 41.9 Å². The van der Waals surface area contributed by atoms with Crippen molar-refractivity contribution in [3.8, 4) is 5.75 Å². The first-order chi connectivity index (χ1) is 13.0. The zero-order valence-electron chi connectivity index (χ0n) is 15.7. The van der Waals surface area contributed by atoms with Gasteiger partial charge in [0.2, 0.25) is 5.91 Å². The van der Waals surface area contributed by atoms with E-state index in [0.717, 1.165) is 0 Å². The van der Waals surface area contributed by atoms with Gasteiger partial charge in [0.1, 0.15) is 23.1 Å². The highest BCUT2D eigenvalue weighted by atomic mass is 16.5. The van der Waals surface area contributed by atoms with Crippen LogP contribution in [0.3, 0.4) is 0 Å². The second-order valence-electron chi connectivity index (χ2n) is 6.34. The van der Waals surface area contributed by atoms with Crippen LogP contribution < -0.4 is 15.0 Å². The Bertz CT molecular complexity index is 847. The van der Waals surface area contributed by atoms with Crippen molar-refractivity contribution >= 4 is 23.3 Å². The first kappa shape index (κ1) is 18.6. The van der Waals surface area contributed by atoms with E-state index in [4.69, 9.17) is 4.74 Å². The molecule has 1 aromatic heterocycles. The van der Waals surface area contributed by atoms with Crippen LogP contribution >= 0.6 is 0 Å². The molecule has 2 amide bonds. The summed E-state index contributed by atoms with van der Waals surface area (Å²) >= 11 is 0. The molecule has 2 aromatic rings. The summed E-state index contributed by atoms with van der Waals surface area (Å²) in [4.78, 5) is 36.7. The molecule has 0 bridgehead atoms. The fraction of sp³-hybridized carbons (Fsp3) is 0.368. The summed E-state index contributed by atoms with van der Waals surface area (Å²) in [6, 6.07) is 8.83. The number of aryl methyl sites for hydroxylation is 1. The Labute approximate surface area is 158 Å². The molecule has 0 atom stereocenters. The molecule has 2 heterocycles. The summed E-state index contributed by atoms with van der Waals surface area (Å²) < 4.78 is 5.17. The lowest BCUT2D eigenvalue weighted by Crippen LogP contribution is -2.48. The largest absolute Gasteiger partial charge is 0.497 e. The van der Waals surface area contributed by atoms with Crippen molar-refractivity contribution in [1.82, 2.24) is 14.9 Å². The predicted octanol–water partition coefficient (Wildman–Crippen LogP) is 1.71. The van der Waals surface area contributed by atoms with Crippen molar-refractivity contribution in [2.75, 3.05) is 43.5 Å². The van der Waals surface area contributed by atoms with Gasteiger partial charge in [0.05, 0.1) is 7.11 Å². The van der Waals surface area contributed by atoms with Crippen molar-refractivity contribution in [1.29, 1.82) is 0 Å². The van der Waals surface area contributed by atoms with E-state index >= 15 is 0 Å². The van der Waals surface area contributed by atoms with Crippen LogP contribution in [-0.2, 0) is 4.79 Å². The topological polar surface area (TPSA) is 87.7 Å². The van der Waals surface area contributed by atoms with E-state index in [2.05, 4.69) is 20.2 Å². The minimum absolute atomic E-state index is 0.0758. The number of amides is 2. The lowest BCUT2D eigenvalue weighted by molar-refractivity contribution is -0.129. The van der Waals surface area contributed by atoms with Crippen molar-refractivity contribution < 1.29 is 14.3 Å². The van der Waals surface area contributed by atoms with Crippen LogP contribution in [0, 0.1) is 6.92 Å². The Kier molecular flexibility index (Phi) is 5.54. The maximum Gasteiger partial charge on any atom is 0.274 e. The monoisotopic (exact) mass is 369 g/mol. The van der Waals surface area contributed by atoms with Gasteiger partial charge in [-0.1, -0.05) is 6.07 Å². The normalized spacial score (nSPS) is 14.0. The Morgan fingerprint density at radius 3 is 2.52 bits per heavy atom. The minimum Gasteiger partial charge on any atom is -0.497 e. The summed E-state index contributed by atoms with van der Waals surface area (Å²) in [5, 5.41) is 2.83. The van der Waals surface area contributed by atoms with Gasteiger partial charge >= 0.3 is 0 Å². The molecule has 0 saturated carbocycles. The molecule has 1 fully saturated rings. The number of aromatic nitrogens is 2. The highest BCUT2D eigenvalue weighted by Gasteiger charge is 2.21. The Morgan fingerprint density at radius 2 is 1.85 bits per heavy atom. The lowest BCUT2D eigenvalue weighted by Gasteiger charge is -2.35. The molecule has 27 heavy (non-hydrogen) atoms. The van der Waals surface area contributed by atoms with Crippen LogP contribution in [0.5, 0.6) is 5.75 Å². The Morgan fingerprint density at radius 1 is 1.11 bits per heavy atom. The molecule has 3 rings (SSSR count). The number of hydrogen-bond donors (Lipinski definition) is 1. The molecule has 0 spiro atoms. The molecule has 1 N–H and O–H groups in total. The van der Waals surface area contributed by atoms with Gasteiger partial charge in [0.15, 0.2) is 0 Å². The maximum absolute atomic E-state index is 12.6. The van der Waals surface area contributed by atoms with Crippen LogP contribution in [0.2, 0.25) is 0 Å². The van der Waals surface area contributed by atoms with Gasteiger partial charge in [-0.05, 0) is 19.1 Å². The fourth-order valence-corrected chi connectivity index (χ4v) is 2.98. The summed E-state index contributed by atoms with van der Waals surface area (Å²) in [5.74, 6) is 1.65. The van der Waals surface area contributed by atoms with Crippen molar-refractivity contribution in [3.63, 3.8) is 0 Å². The highest BCUT2D eigenvalue weighted by molar-refractivity contribution is 6.03. The standard InChI is InChI=1S/C19H23N5O3/c1-13-20-17(19(26)22-15-5-4-6-16(11-15)27-3)12-18(21-13)24-9-7-23(8-10-24)14(2)25/h4-6,11-12H,7-10H2,1-3H3,(H,22,26). The molecule has 0 aliphatic carbocycles. The maximum atomic E-state index is 12.6. The number of nitrogens with one attached hydrogen (secondary N) is 1. The molecule has 8 nitrogen and oxygen atoms in total. The third-order valence-corrected chi connectivity index (χ3v) is 4.43.